The Morgan fingerprint density at radius 3 is 2.67 bits per heavy atom. The van der Waals surface area contributed by atoms with Gasteiger partial charge in [0.15, 0.2) is 0 Å². The number of hydrogen-bond acceptors (Lipinski definition) is 4. The molecule has 0 saturated carbocycles. The number of rotatable bonds is 3. The van der Waals surface area contributed by atoms with E-state index in [4.69, 9.17) is 4.74 Å². The van der Waals surface area contributed by atoms with Gasteiger partial charge in [-0.15, -0.1) is 6.07 Å². The minimum Gasteiger partial charge on any atom is -0.470 e. The molecule has 0 N–H and O–H groups in total. The molecule has 0 unspecified atom stereocenters. The molecule has 1 aromatic heterocycles. The second-order valence-corrected chi connectivity index (χ2v) is 3.32. The molecule has 1 aromatic carbocycles. The molecule has 0 fully saturated rings. The summed E-state index contributed by atoms with van der Waals surface area (Å²) in [6, 6.07) is 11.1. The van der Waals surface area contributed by atoms with E-state index in [9.17, 15) is 4.79 Å². The minimum absolute atomic E-state index is 0. The van der Waals surface area contributed by atoms with Crippen molar-refractivity contribution in [3.8, 4) is 11.3 Å². The van der Waals surface area contributed by atoms with Gasteiger partial charge in [-0.2, -0.15) is 0 Å². The van der Waals surface area contributed by atoms with Crippen LogP contribution in [0, 0.1) is 6.33 Å². The molecule has 2 rings (SSSR count). The van der Waals surface area contributed by atoms with E-state index in [0.717, 1.165) is 5.56 Å². The van der Waals surface area contributed by atoms with E-state index in [1.54, 1.807) is 13.0 Å². The Kier molecular flexibility index (Phi) is 6.09. The van der Waals surface area contributed by atoms with Crippen LogP contribution in [0.1, 0.15) is 17.4 Å². The Bertz CT molecular complexity index is 517. The van der Waals surface area contributed by atoms with E-state index in [-0.39, 0.29) is 38.4 Å². The summed E-state index contributed by atoms with van der Waals surface area (Å²) >= 11 is 0. The first-order valence-electron chi connectivity index (χ1n) is 5.29. The summed E-state index contributed by atoms with van der Waals surface area (Å²) in [7, 11) is 0. The van der Waals surface area contributed by atoms with Crippen molar-refractivity contribution in [1.29, 1.82) is 0 Å². The molecule has 1 heterocycles. The van der Waals surface area contributed by atoms with Crippen LogP contribution in [-0.4, -0.2) is 22.5 Å². The van der Waals surface area contributed by atoms with Gasteiger partial charge in [0.25, 0.3) is 5.97 Å². The standard InChI is InChI=1S/C13H11N2O2.Y/c1-2-17-13(16)12-8-11(14-9-15-12)10-6-4-3-5-7-10;/h3-8H,2H2,1H3;/q-1;. The molecule has 0 aliphatic heterocycles. The van der Waals surface area contributed by atoms with Crippen molar-refractivity contribution < 1.29 is 42.2 Å². The van der Waals surface area contributed by atoms with Gasteiger partial charge in [0.2, 0.25) is 0 Å². The number of ether oxygens (including phenoxy) is 1. The van der Waals surface area contributed by atoms with Gasteiger partial charge >= 0.3 is 0 Å². The molecule has 0 bridgehead atoms. The summed E-state index contributed by atoms with van der Waals surface area (Å²) in [5, 5.41) is 0. The van der Waals surface area contributed by atoms with Crippen molar-refractivity contribution in [3.63, 3.8) is 0 Å². The summed E-state index contributed by atoms with van der Waals surface area (Å²) in [6.07, 6.45) is 2.47. The predicted molar refractivity (Wildman–Crippen MR) is 62.3 cm³/mol. The molecule has 89 valence electrons. The molecule has 5 heteroatoms. The quantitative estimate of drug-likeness (QED) is 0.643. The molecule has 18 heavy (non-hydrogen) atoms. The van der Waals surface area contributed by atoms with Crippen LogP contribution in [0.3, 0.4) is 0 Å². The number of carbonyl (C=O) groups is 1. The van der Waals surface area contributed by atoms with Crippen molar-refractivity contribution in [3.05, 3.63) is 48.4 Å². The smallest absolute Gasteiger partial charge is 0.299 e. The second kappa shape index (κ2) is 7.34. The Labute approximate surface area is 131 Å². The van der Waals surface area contributed by atoms with Crippen molar-refractivity contribution in [2.45, 2.75) is 6.92 Å². The Morgan fingerprint density at radius 2 is 2.00 bits per heavy atom. The van der Waals surface area contributed by atoms with Crippen LogP contribution in [0.4, 0.5) is 0 Å². The number of hydrogen-bond donors (Lipinski definition) is 0. The van der Waals surface area contributed by atoms with E-state index in [1.165, 1.54) is 0 Å². The van der Waals surface area contributed by atoms with Gasteiger partial charge in [-0.05, 0) is 12.6 Å². The fourth-order valence-corrected chi connectivity index (χ4v) is 1.39. The summed E-state index contributed by atoms with van der Waals surface area (Å²) in [6.45, 7) is 2.07. The zero-order valence-electron chi connectivity index (χ0n) is 9.96. The number of esters is 1. The van der Waals surface area contributed by atoms with E-state index in [2.05, 4.69) is 16.3 Å². The molecule has 0 amide bonds. The van der Waals surface area contributed by atoms with Gasteiger partial charge in [0.1, 0.15) is 0 Å². The van der Waals surface area contributed by atoms with Crippen LogP contribution in [0.15, 0.2) is 36.4 Å². The maximum absolute atomic E-state index is 11.5. The van der Waals surface area contributed by atoms with Crippen molar-refractivity contribution in [2.75, 3.05) is 6.61 Å². The molecule has 2 aromatic rings. The van der Waals surface area contributed by atoms with Gasteiger partial charge in [-0.25, -0.2) is 0 Å². The molecular weight excluding hydrogens is 305 g/mol. The molecule has 0 spiro atoms. The molecule has 4 nitrogen and oxygen atoms in total. The van der Waals surface area contributed by atoms with Crippen molar-refractivity contribution in [1.82, 2.24) is 9.97 Å². The van der Waals surface area contributed by atoms with E-state index < -0.39 is 5.97 Å². The molecular formula is C13H11N2O2Y-. The predicted octanol–water partition coefficient (Wildman–Crippen LogP) is 2.12. The van der Waals surface area contributed by atoms with Crippen LogP contribution in [0.2, 0.25) is 0 Å². The van der Waals surface area contributed by atoms with Gasteiger partial charge in [-0.1, -0.05) is 35.9 Å². The SMILES string of the molecule is CCOC(=O)c1cc(-c2ccccc2)n[c-]n1.[Y]. The Morgan fingerprint density at radius 1 is 1.28 bits per heavy atom. The third kappa shape index (κ3) is 3.68. The number of aromatic nitrogens is 2. The maximum Gasteiger partial charge on any atom is 0.299 e. The van der Waals surface area contributed by atoms with Crippen LogP contribution >= 0.6 is 0 Å². The van der Waals surface area contributed by atoms with E-state index in [1.807, 2.05) is 30.3 Å². The van der Waals surface area contributed by atoms with Gasteiger partial charge in [0.05, 0.1) is 6.61 Å². The summed E-state index contributed by atoms with van der Waals surface area (Å²) in [5.41, 5.74) is 1.79. The number of carbonyl (C=O) groups excluding carboxylic acids is 1. The van der Waals surface area contributed by atoms with Crippen LogP contribution < -0.4 is 0 Å². The van der Waals surface area contributed by atoms with Crippen LogP contribution in [0.25, 0.3) is 11.3 Å². The third-order valence-corrected chi connectivity index (χ3v) is 2.17. The number of nitrogens with zero attached hydrogens (tertiary/aromatic N) is 2. The fourth-order valence-electron chi connectivity index (χ4n) is 1.39. The average molecular weight is 316 g/mol. The normalized spacial score (nSPS) is 9.39. The first-order valence-corrected chi connectivity index (χ1v) is 5.29. The monoisotopic (exact) mass is 316 g/mol. The maximum atomic E-state index is 11.5. The number of benzene rings is 1. The largest absolute Gasteiger partial charge is 0.470 e. The zero-order valence-corrected chi connectivity index (χ0v) is 12.8. The Hall–Kier alpha value is -1.13. The first-order chi connectivity index (χ1) is 8.31. The summed E-state index contributed by atoms with van der Waals surface area (Å²) in [5.74, 6) is -0.455. The minimum atomic E-state index is -0.455. The van der Waals surface area contributed by atoms with Gasteiger partial charge < -0.3 is 14.7 Å². The topological polar surface area (TPSA) is 52.1 Å². The third-order valence-electron chi connectivity index (χ3n) is 2.17. The summed E-state index contributed by atoms with van der Waals surface area (Å²) < 4.78 is 4.87. The molecule has 0 aliphatic carbocycles. The molecule has 0 saturated heterocycles. The average Bonchev–Trinajstić information content (AvgIpc) is 2.40. The van der Waals surface area contributed by atoms with Gasteiger partial charge in [-0.3, -0.25) is 4.79 Å². The van der Waals surface area contributed by atoms with Crippen LogP contribution in [-0.2, 0) is 37.4 Å². The van der Waals surface area contributed by atoms with E-state index >= 15 is 0 Å². The second-order valence-electron chi connectivity index (χ2n) is 3.32. The van der Waals surface area contributed by atoms with Crippen molar-refractivity contribution in [2.24, 2.45) is 0 Å². The first kappa shape index (κ1) is 14.9. The fraction of sp³-hybridized carbons (Fsp3) is 0.154. The van der Waals surface area contributed by atoms with Gasteiger partial charge in [0, 0.05) is 44.7 Å². The molecule has 1 radical (unpaired) electrons. The van der Waals surface area contributed by atoms with E-state index in [0.29, 0.717) is 12.3 Å². The van der Waals surface area contributed by atoms with Crippen molar-refractivity contribution >= 4 is 5.97 Å². The molecule has 0 atom stereocenters. The Balaban J connectivity index is 0.00000162. The van der Waals surface area contributed by atoms with Crippen LogP contribution in [0.5, 0.6) is 0 Å². The summed E-state index contributed by atoms with van der Waals surface area (Å²) in [4.78, 5) is 19.3. The zero-order chi connectivity index (χ0) is 12.1. The molecule has 0 aliphatic rings.